The summed E-state index contributed by atoms with van der Waals surface area (Å²) in [5.41, 5.74) is 12.5. The molecular formula is C68H78N4O15S4. The number of carbonyl (C=O) groups excluding carboxylic acids is 2. The first-order valence-corrected chi connectivity index (χ1v) is 36.7. The van der Waals surface area contributed by atoms with E-state index in [-0.39, 0.29) is 40.7 Å². The zero-order chi connectivity index (χ0) is 63.6. The maximum absolute atomic E-state index is 12.5. The summed E-state index contributed by atoms with van der Waals surface area (Å²) in [5.74, 6) is 2.69. The quantitative estimate of drug-likeness (QED) is 0.108. The lowest BCUT2D eigenvalue weighted by molar-refractivity contribution is 0.0597. The van der Waals surface area contributed by atoms with Crippen LogP contribution in [0.25, 0.3) is 42.9 Å². The summed E-state index contributed by atoms with van der Waals surface area (Å²) in [7, 11) is -3.75. The molecule has 14 rings (SSSR count). The smallest absolute Gasteiger partial charge is 0.348 e. The Kier molecular flexibility index (Phi) is 19.4. The number of hydrogen-bond donors (Lipinski definition) is 2. The molecule has 91 heavy (non-hydrogen) atoms. The number of methoxy groups -OCH3 is 2. The normalized spacial score (nSPS) is 17.1. The van der Waals surface area contributed by atoms with Crippen LogP contribution in [0.15, 0.2) is 94.7 Å². The van der Waals surface area contributed by atoms with Gasteiger partial charge in [-0.1, -0.05) is 38.5 Å². The Bertz CT molecular complexity index is 4220. The molecule has 6 aliphatic rings. The van der Waals surface area contributed by atoms with Crippen LogP contribution in [0.4, 0.5) is 11.4 Å². The molecule has 19 nitrogen and oxygen atoms in total. The van der Waals surface area contributed by atoms with Crippen LogP contribution in [-0.4, -0.2) is 141 Å². The number of aromatic hydroxyl groups is 1. The number of aromatic nitrogens is 2. The summed E-state index contributed by atoms with van der Waals surface area (Å²) in [6.45, 7) is 7.98. The van der Waals surface area contributed by atoms with E-state index in [0.717, 1.165) is 95.9 Å². The molecule has 4 aromatic heterocycles. The Morgan fingerprint density at radius 2 is 1.00 bits per heavy atom. The molecule has 2 aliphatic carbocycles. The second-order valence-electron chi connectivity index (χ2n) is 23.9. The van der Waals surface area contributed by atoms with Crippen LogP contribution < -0.4 is 24.0 Å². The number of aliphatic hydroxyl groups excluding tert-OH is 1. The van der Waals surface area contributed by atoms with Crippen molar-refractivity contribution in [2.24, 2.45) is 0 Å². The Morgan fingerprint density at radius 3 is 1.46 bits per heavy atom. The minimum atomic E-state index is -3.38. The molecule has 2 N–H and O–H groups in total. The number of benzene rings is 4. The van der Waals surface area contributed by atoms with Gasteiger partial charge in [-0.3, -0.25) is 0 Å². The van der Waals surface area contributed by atoms with Crippen molar-refractivity contribution in [3.63, 3.8) is 0 Å². The van der Waals surface area contributed by atoms with Gasteiger partial charge in [-0.05, 0) is 121 Å². The number of phenols is 1. The van der Waals surface area contributed by atoms with Crippen LogP contribution in [0.1, 0.15) is 118 Å². The van der Waals surface area contributed by atoms with Gasteiger partial charge in [0.05, 0.1) is 102 Å². The van der Waals surface area contributed by atoms with E-state index < -0.39 is 19.7 Å². The van der Waals surface area contributed by atoms with Gasteiger partial charge in [0.15, 0.2) is 19.7 Å². The highest BCUT2D eigenvalue weighted by molar-refractivity contribution is 7.91. The largest absolute Gasteiger partial charge is 0.508 e. The van der Waals surface area contributed by atoms with Crippen molar-refractivity contribution >= 4 is 86.1 Å². The van der Waals surface area contributed by atoms with Gasteiger partial charge >= 0.3 is 11.9 Å². The topological polar surface area (TPSA) is 224 Å². The number of rotatable bonds is 12. The fourth-order valence-electron chi connectivity index (χ4n) is 13.7. The lowest BCUT2D eigenvalue weighted by atomic mass is 9.83. The van der Waals surface area contributed by atoms with E-state index >= 15 is 0 Å². The molecule has 0 atom stereocenters. The summed E-state index contributed by atoms with van der Waals surface area (Å²) < 4.78 is 94.2. The molecule has 484 valence electrons. The monoisotopic (exact) mass is 1320 g/mol. The Hall–Kier alpha value is -7.12. The lowest BCUT2D eigenvalue weighted by Crippen LogP contribution is -2.36. The Labute approximate surface area is 538 Å². The minimum absolute atomic E-state index is 0.171. The Morgan fingerprint density at radius 1 is 0.549 bits per heavy atom. The third kappa shape index (κ3) is 13.6. The number of thiophene rings is 2. The molecule has 0 amide bonds. The van der Waals surface area contributed by atoms with Crippen LogP contribution >= 0.6 is 22.7 Å². The van der Waals surface area contributed by atoms with Gasteiger partial charge in [0.1, 0.15) is 52.6 Å². The highest BCUT2D eigenvalue weighted by Crippen LogP contribution is 2.52. The summed E-state index contributed by atoms with van der Waals surface area (Å²) in [4.78, 5) is 30.8. The maximum atomic E-state index is 12.5. The first kappa shape index (κ1) is 64.0. The number of sulfone groups is 2. The average molecular weight is 1320 g/mol. The van der Waals surface area contributed by atoms with Crippen molar-refractivity contribution < 1.29 is 69.8 Å². The number of aliphatic hydroxyl groups is 1. The van der Waals surface area contributed by atoms with Gasteiger partial charge < -0.3 is 62.3 Å². The molecule has 4 fully saturated rings. The standard InChI is InChI=1S/C34H38N2O7S2.C22H23NO4S.C12H17NO4S/c1-40-34(37)30-20-28-33(44-30)31(22-6-4-3-5-7-22)32-26-10-8-24(19-29(26)42-17-14-36(28)32)43-21-23-18-25(45(2,38)39)9-11-27(23)35-12-15-41-16-13-35;1-26-22(25)18-12-16-21(28-18)19(13-5-3-2-4-6-13)20-15-8-7-14(24)11-17(15)27-10-9-23(16)20;1-18(15,16)11-2-3-12(10(8-11)9-14)13-4-6-17-7-5-13/h8-11,18-20,22H,3-7,12-17,21H2,1-2H3;7-8,11-13,24H,2-6,9-10H2,1H3;2-3,8,14H,4-7,9H2,1H3. The molecule has 0 spiro atoms. The molecule has 4 aromatic carbocycles. The minimum Gasteiger partial charge on any atom is -0.508 e. The predicted octanol–water partition coefficient (Wildman–Crippen LogP) is 12.1. The van der Waals surface area contributed by atoms with E-state index in [1.54, 1.807) is 53.8 Å². The predicted molar refractivity (Wildman–Crippen MR) is 353 cm³/mol. The zero-order valence-electron chi connectivity index (χ0n) is 51.8. The van der Waals surface area contributed by atoms with E-state index in [1.165, 1.54) is 115 Å². The van der Waals surface area contributed by atoms with Crippen LogP contribution in [0.5, 0.6) is 23.0 Å². The van der Waals surface area contributed by atoms with Crippen LogP contribution in [0.2, 0.25) is 0 Å². The van der Waals surface area contributed by atoms with Crippen LogP contribution in [0.3, 0.4) is 0 Å². The number of ether oxygens (including phenoxy) is 7. The third-order valence-corrected chi connectivity index (χ3v) is 22.6. The van der Waals surface area contributed by atoms with Crippen LogP contribution in [0, 0.1) is 0 Å². The number of phenolic OH excluding ortho intramolecular Hbond substituents is 1. The molecular weight excluding hydrogens is 1240 g/mol. The first-order chi connectivity index (χ1) is 44.0. The van der Waals surface area contributed by atoms with Crippen molar-refractivity contribution in [2.75, 3.05) is 102 Å². The number of hydrogen-bond acceptors (Lipinski definition) is 19. The second kappa shape index (κ2) is 27.6. The Balaban J connectivity index is 0.000000147. The molecule has 8 aromatic rings. The van der Waals surface area contributed by atoms with E-state index in [4.69, 9.17) is 33.2 Å². The number of fused-ring (bicyclic) bond motifs is 10. The third-order valence-electron chi connectivity index (χ3n) is 18.1. The lowest BCUT2D eigenvalue weighted by Gasteiger charge is -2.30. The van der Waals surface area contributed by atoms with Crippen molar-refractivity contribution in [2.45, 2.75) is 112 Å². The fraction of sp³-hybridized carbons (Fsp3) is 0.441. The van der Waals surface area contributed by atoms with Gasteiger partial charge in [-0.15, -0.1) is 22.7 Å². The molecule has 8 heterocycles. The van der Waals surface area contributed by atoms with Crippen molar-refractivity contribution in [1.82, 2.24) is 9.13 Å². The van der Waals surface area contributed by atoms with Gasteiger partial charge in [0, 0.05) is 84.5 Å². The molecule has 23 heteroatoms. The molecule has 2 saturated heterocycles. The summed E-state index contributed by atoms with van der Waals surface area (Å²) >= 11 is 3.08. The fourth-order valence-corrected chi connectivity index (χ4v) is 17.5. The number of anilines is 2. The van der Waals surface area contributed by atoms with E-state index in [9.17, 15) is 36.6 Å². The number of morpholine rings is 2. The zero-order valence-corrected chi connectivity index (χ0v) is 55.1. The van der Waals surface area contributed by atoms with Gasteiger partial charge in [-0.25, -0.2) is 26.4 Å². The summed E-state index contributed by atoms with van der Waals surface area (Å²) in [5, 5.41) is 19.3. The van der Waals surface area contributed by atoms with Gasteiger partial charge in [-0.2, -0.15) is 0 Å². The van der Waals surface area contributed by atoms with Gasteiger partial charge in [0.25, 0.3) is 0 Å². The summed E-state index contributed by atoms with van der Waals surface area (Å²) in [6.07, 6.45) is 14.4. The molecule has 2 saturated carbocycles. The highest BCUT2D eigenvalue weighted by Gasteiger charge is 2.34. The van der Waals surface area contributed by atoms with Crippen LogP contribution in [-0.2, 0) is 64.9 Å². The number of esters is 2. The van der Waals surface area contributed by atoms with Crippen molar-refractivity contribution in [3.05, 3.63) is 117 Å². The number of carbonyl (C=O) groups is 2. The van der Waals surface area contributed by atoms with Gasteiger partial charge in [0.2, 0.25) is 0 Å². The highest BCUT2D eigenvalue weighted by atomic mass is 32.2. The summed E-state index contributed by atoms with van der Waals surface area (Å²) in [6, 6.07) is 25.5. The molecule has 0 unspecified atom stereocenters. The second-order valence-corrected chi connectivity index (χ2v) is 30.1. The maximum Gasteiger partial charge on any atom is 0.348 e. The van der Waals surface area contributed by atoms with E-state index in [1.807, 2.05) is 36.4 Å². The van der Waals surface area contributed by atoms with E-state index in [2.05, 4.69) is 25.0 Å². The average Bonchev–Trinajstić information content (AvgIpc) is 1.60. The molecule has 0 radical (unpaired) electrons. The first-order valence-electron chi connectivity index (χ1n) is 31.3. The van der Waals surface area contributed by atoms with E-state index in [0.29, 0.717) is 85.6 Å². The van der Waals surface area contributed by atoms with Crippen molar-refractivity contribution in [1.29, 1.82) is 0 Å². The number of nitrogens with zero attached hydrogens (tertiary/aromatic N) is 4. The van der Waals surface area contributed by atoms with Crippen molar-refractivity contribution in [3.8, 4) is 45.5 Å². The SMILES string of the molecule is COC(=O)c1cc2c(s1)c(C1CCCCC1)c1n2CCOc2cc(O)ccc2-1.COC(=O)c1cc2c(s1)c(C1CCCCC1)c1n2CCOc2cc(OCc3cc(S(C)(=O)=O)ccc3N3CCOCC3)ccc2-1.CS(=O)(=O)c1ccc(N2CCOCC2)c(CO)c1. The molecule has 0 bridgehead atoms. The molecule has 4 aliphatic heterocycles.